The lowest BCUT2D eigenvalue weighted by Crippen LogP contribution is -2.44. The molecule has 2 aromatic rings. The molecule has 25 heavy (non-hydrogen) atoms. The van der Waals surface area contributed by atoms with Gasteiger partial charge in [0.1, 0.15) is 17.1 Å². The minimum atomic E-state index is -1.49. The number of carboxylic acid groups (broad SMARTS) is 1. The number of carboxylic acids is 1. The van der Waals surface area contributed by atoms with Gasteiger partial charge < -0.3 is 25.0 Å². The summed E-state index contributed by atoms with van der Waals surface area (Å²) in [5, 5.41) is 21.0. The summed E-state index contributed by atoms with van der Waals surface area (Å²) in [7, 11) is 0. The fourth-order valence-electron chi connectivity index (χ4n) is 3.09. The van der Waals surface area contributed by atoms with Gasteiger partial charge in [-0.1, -0.05) is 0 Å². The zero-order valence-corrected chi connectivity index (χ0v) is 13.3. The first-order valence-corrected chi connectivity index (χ1v) is 7.80. The van der Waals surface area contributed by atoms with Crippen LogP contribution >= 0.6 is 0 Å². The maximum Gasteiger partial charge on any atom is 0.341 e. The molecule has 1 aromatic carbocycles. The molecule has 0 atom stereocenters. The van der Waals surface area contributed by atoms with Gasteiger partial charge in [-0.25, -0.2) is 13.6 Å². The number of fused-ring (bicyclic) bond motifs is 1. The van der Waals surface area contributed by atoms with E-state index in [1.807, 2.05) is 0 Å². The molecule has 3 rings (SSSR count). The molecule has 1 aliphatic rings. The van der Waals surface area contributed by atoms with Crippen LogP contribution in [-0.4, -0.2) is 53.5 Å². The van der Waals surface area contributed by atoms with Crippen molar-refractivity contribution < 1.29 is 23.8 Å². The van der Waals surface area contributed by atoms with Gasteiger partial charge in [0.05, 0.1) is 17.5 Å². The third-order valence-electron chi connectivity index (χ3n) is 4.23. The average molecular weight is 353 g/mol. The van der Waals surface area contributed by atoms with Gasteiger partial charge in [0.15, 0.2) is 5.82 Å². The summed E-state index contributed by atoms with van der Waals surface area (Å²) >= 11 is 0. The van der Waals surface area contributed by atoms with Crippen LogP contribution in [0.2, 0.25) is 0 Å². The number of benzene rings is 1. The third-order valence-corrected chi connectivity index (χ3v) is 4.23. The molecule has 7 nitrogen and oxygen atoms in total. The van der Waals surface area contributed by atoms with E-state index in [-0.39, 0.29) is 23.1 Å². The predicted molar refractivity (Wildman–Crippen MR) is 87.3 cm³/mol. The van der Waals surface area contributed by atoms with Crippen LogP contribution in [0.3, 0.4) is 0 Å². The Kier molecular flexibility index (Phi) is 4.69. The lowest BCUT2D eigenvalue weighted by molar-refractivity contribution is 0.0694. The number of nitrogens with zero attached hydrogens (tertiary/aromatic N) is 2. The zero-order chi connectivity index (χ0) is 18.1. The highest BCUT2D eigenvalue weighted by molar-refractivity contribution is 5.93. The summed E-state index contributed by atoms with van der Waals surface area (Å²) in [6.45, 7) is 1.42. The molecule has 0 saturated carbocycles. The van der Waals surface area contributed by atoms with E-state index in [2.05, 4.69) is 5.32 Å². The molecule has 2 heterocycles. The number of hydrogen-bond donors (Lipinski definition) is 3. The SMILES string of the molecule is O=C(O)c1cn(CCO)c2c(F)c(N3CCNCC3)c(F)cc2c1=O. The lowest BCUT2D eigenvalue weighted by atomic mass is 10.1. The second-order valence-electron chi connectivity index (χ2n) is 5.75. The van der Waals surface area contributed by atoms with Crippen LogP contribution in [0.5, 0.6) is 0 Å². The van der Waals surface area contributed by atoms with Gasteiger partial charge in [0.2, 0.25) is 5.43 Å². The molecule has 1 fully saturated rings. The number of rotatable bonds is 4. The van der Waals surface area contributed by atoms with Crippen molar-refractivity contribution in [3.05, 3.63) is 39.7 Å². The second kappa shape index (κ2) is 6.77. The van der Waals surface area contributed by atoms with Crippen LogP contribution in [0, 0.1) is 11.6 Å². The highest BCUT2D eigenvalue weighted by Crippen LogP contribution is 2.30. The normalized spacial score (nSPS) is 14.9. The molecule has 0 amide bonds. The fraction of sp³-hybridized carbons (Fsp3) is 0.375. The quantitative estimate of drug-likeness (QED) is 0.736. The maximum atomic E-state index is 15.1. The number of hydrogen-bond acceptors (Lipinski definition) is 5. The average Bonchev–Trinajstić information content (AvgIpc) is 2.58. The molecule has 134 valence electrons. The Hall–Kier alpha value is -2.52. The minimum Gasteiger partial charge on any atom is -0.477 e. The molecule has 3 N–H and O–H groups in total. The summed E-state index contributed by atoms with van der Waals surface area (Å²) in [5.74, 6) is -3.34. The van der Waals surface area contributed by atoms with Gasteiger partial charge in [-0.2, -0.15) is 0 Å². The molecule has 0 unspecified atom stereocenters. The smallest absolute Gasteiger partial charge is 0.341 e. The van der Waals surface area contributed by atoms with Crippen molar-refractivity contribution in [1.29, 1.82) is 0 Å². The van der Waals surface area contributed by atoms with E-state index in [1.54, 1.807) is 4.90 Å². The molecule has 0 spiro atoms. The largest absolute Gasteiger partial charge is 0.477 e. The highest BCUT2D eigenvalue weighted by atomic mass is 19.1. The van der Waals surface area contributed by atoms with Gasteiger partial charge in [-0.05, 0) is 6.07 Å². The van der Waals surface area contributed by atoms with Crippen molar-refractivity contribution in [2.45, 2.75) is 6.54 Å². The van der Waals surface area contributed by atoms with Crippen molar-refractivity contribution in [2.24, 2.45) is 0 Å². The van der Waals surface area contributed by atoms with E-state index in [0.29, 0.717) is 26.2 Å². The fourth-order valence-corrected chi connectivity index (χ4v) is 3.09. The van der Waals surface area contributed by atoms with Crippen molar-refractivity contribution >= 4 is 22.6 Å². The van der Waals surface area contributed by atoms with Crippen LogP contribution in [0.4, 0.5) is 14.5 Å². The summed E-state index contributed by atoms with van der Waals surface area (Å²) in [6.07, 6.45) is 0.978. The third kappa shape index (κ3) is 2.96. The molecular weight excluding hydrogens is 336 g/mol. The number of aromatic nitrogens is 1. The highest BCUT2D eigenvalue weighted by Gasteiger charge is 2.25. The van der Waals surface area contributed by atoms with Crippen LogP contribution in [0.15, 0.2) is 17.1 Å². The van der Waals surface area contributed by atoms with Gasteiger partial charge in [0.25, 0.3) is 0 Å². The molecule has 1 aliphatic heterocycles. The predicted octanol–water partition coefficient (Wildman–Crippen LogP) is 0.380. The maximum absolute atomic E-state index is 15.1. The molecule has 0 radical (unpaired) electrons. The molecule has 1 aromatic heterocycles. The number of pyridine rings is 1. The Morgan fingerprint density at radius 2 is 1.96 bits per heavy atom. The summed E-state index contributed by atoms with van der Waals surface area (Å²) in [6, 6.07) is 0.873. The first-order chi connectivity index (χ1) is 12.0. The number of anilines is 1. The number of carbonyl (C=O) groups is 1. The topological polar surface area (TPSA) is 94.8 Å². The van der Waals surface area contributed by atoms with Crippen LogP contribution in [0.1, 0.15) is 10.4 Å². The first-order valence-electron chi connectivity index (χ1n) is 7.80. The minimum absolute atomic E-state index is 0.124. The van der Waals surface area contributed by atoms with Crippen molar-refractivity contribution in [3.63, 3.8) is 0 Å². The zero-order valence-electron chi connectivity index (χ0n) is 13.3. The molecular formula is C16H17F2N3O4. The molecule has 1 saturated heterocycles. The molecule has 9 heteroatoms. The Morgan fingerprint density at radius 3 is 2.56 bits per heavy atom. The standard InChI is InChI=1S/C16H17F2N3O4/c17-11-7-9-13(12(18)14(11)20-3-1-19-2-4-20)21(5-6-22)8-10(15(9)23)16(24)25/h7-8,19,22H,1-6H2,(H,24,25). The second-order valence-corrected chi connectivity index (χ2v) is 5.75. The Morgan fingerprint density at radius 1 is 1.28 bits per heavy atom. The van der Waals surface area contributed by atoms with Crippen molar-refractivity contribution in [2.75, 3.05) is 37.7 Å². The van der Waals surface area contributed by atoms with E-state index >= 15 is 4.39 Å². The van der Waals surface area contributed by atoms with E-state index in [4.69, 9.17) is 5.11 Å². The number of piperazine rings is 1. The van der Waals surface area contributed by atoms with Gasteiger partial charge in [0, 0.05) is 38.9 Å². The Balaban J connectivity index is 2.33. The van der Waals surface area contributed by atoms with E-state index < -0.39 is 35.2 Å². The number of nitrogens with one attached hydrogen (secondary N) is 1. The van der Waals surface area contributed by atoms with Gasteiger partial charge in [-0.3, -0.25) is 4.79 Å². The van der Waals surface area contributed by atoms with Crippen LogP contribution < -0.4 is 15.6 Å². The lowest BCUT2D eigenvalue weighted by Gasteiger charge is -2.30. The number of halogens is 2. The van der Waals surface area contributed by atoms with Gasteiger partial charge >= 0.3 is 5.97 Å². The summed E-state index contributed by atoms with van der Waals surface area (Å²) in [4.78, 5) is 25.1. The number of aromatic carboxylic acids is 1. The summed E-state index contributed by atoms with van der Waals surface area (Å²) in [5.41, 5.74) is -2.02. The van der Waals surface area contributed by atoms with Crippen molar-refractivity contribution in [1.82, 2.24) is 9.88 Å². The molecule has 0 bridgehead atoms. The van der Waals surface area contributed by atoms with Gasteiger partial charge in [-0.15, -0.1) is 0 Å². The van der Waals surface area contributed by atoms with E-state index in [9.17, 15) is 19.1 Å². The van der Waals surface area contributed by atoms with Crippen LogP contribution in [-0.2, 0) is 6.54 Å². The summed E-state index contributed by atoms with van der Waals surface area (Å²) < 4.78 is 30.8. The number of aliphatic hydroxyl groups is 1. The monoisotopic (exact) mass is 353 g/mol. The van der Waals surface area contributed by atoms with E-state index in [0.717, 1.165) is 16.8 Å². The Bertz CT molecular complexity index is 891. The van der Waals surface area contributed by atoms with Crippen LogP contribution in [0.25, 0.3) is 10.9 Å². The molecule has 0 aliphatic carbocycles. The number of aliphatic hydroxyl groups excluding tert-OH is 1. The van der Waals surface area contributed by atoms with E-state index in [1.165, 1.54) is 0 Å². The first kappa shape index (κ1) is 17.3. The van der Waals surface area contributed by atoms with Crippen molar-refractivity contribution in [3.8, 4) is 0 Å². The Labute approximate surface area is 141 Å².